The number of nitrogens with zero attached hydrogens (tertiary/aromatic N) is 1. The normalized spacial score (nSPS) is 12.7. The maximum Gasteiger partial charge on any atom is 0.146 e. The fraction of sp³-hybridized carbons (Fsp3) is 0.500. The van der Waals surface area contributed by atoms with Crippen LogP contribution >= 0.6 is 0 Å². The average molecular weight is 211 g/mol. The molecular formula is C10H15BFNO2. The third kappa shape index (κ3) is 3.29. The van der Waals surface area contributed by atoms with Crippen LogP contribution in [0.15, 0.2) is 12.4 Å². The molecule has 1 rings (SSSR count). The molecule has 1 N–H and O–H groups in total. The Morgan fingerprint density at radius 1 is 1.60 bits per heavy atom. The van der Waals surface area contributed by atoms with Crippen LogP contribution < -0.4 is 5.46 Å². The monoisotopic (exact) mass is 211 g/mol. The van der Waals surface area contributed by atoms with E-state index in [4.69, 9.17) is 4.74 Å². The molecule has 0 spiro atoms. The summed E-state index contributed by atoms with van der Waals surface area (Å²) in [5, 5.41) is 9.76. The van der Waals surface area contributed by atoms with Crippen LogP contribution in [0, 0.1) is 5.82 Å². The number of ether oxygens (including phenoxy) is 1. The Hall–Kier alpha value is -0.935. The van der Waals surface area contributed by atoms with E-state index in [2.05, 4.69) is 4.98 Å². The minimum atomic E-state index is -0.820. The quantitative estimate of drug-likeness (QED) is 0.548. The Kier molecular flexibility index (Phi) is 4.71. The lowest BCUT2D eigenvalue weighted by molar-refractivity contribution is 0.0873. The van der Waals surface area contributed by atoms with E-state index < -0.39 is 11.9 Å². The topological polar surface area (TPSA) is 42.4 Å². The van der Waals surface area contributed by atoms with Crippen molar-refractivity contribution in [2.24, 2.45) is 0 Å². The molecule has 0 saturated carbocycles. The van der Waals surface area contributed by atoms with Gasteiger partial charge >= 0.3 is 0 Å². The third-order valence-electron chi connectivity index (χ3n) is 2.21. The first-order chi connectivity index (χ1) is 7.16. The fourth-order valence-corrected chi connectivity index (χ4v) is 1.45. The van der Waals surface area contributed by atoms with E-state index in [1.807, 2.05) is 6.92 Å². The summed E-state index contributed by atoms with van der Waals surface area (Å²) in [7, 11) is 1.73. The van der Waals surface area contributed by atoms with Gasteiger partial charge in [-0.3, -0.25) is 4.98 Å². The zero-order valence-electron chi connectivity index (χ0n) is 9.03. The van der Waals surface area contributed by atoms with E-state index in [0.29, 0.717) is 30.7 Å². The van der Waals surface area contributed by atoms with E-state index in [0.717, 1.165) is 6.20 Å². The largest absolute Gasteiger partial charge is 0.388 e. The van der Waals surface area contributed by atoms with Crippen molar-refractivity contribution >= 4 is 13.3 Å². The second kappa shape index (κ2) is 5.83. The van der Waals surface area contributed by atoms with Crippen molar-refractivity contribution in [3.05, 3.63) is 23.8 Å². The number of hydrogen-bond acceptors (Lipinski definition) is 3. The second-order valence-corrected chi connectivity index (χ2v) is 3.35. The van der Waals surface area contributed by atoms with Crippen molar-refractivity contribution < 1.29 is 14.2 Å². The SMILES string of the molecule is Bc1cncc(F)c1C(O)CCOCC. The molecule has 3 nitrogen and oxygen atoms in total. The summed E-state index contributed by atoms with van der Waals surface area (Å²) in [5.41, 5.74) is 0.990. The van der Waals surface area contributed by atoms with Crippen molar-refractivity contribution in [1.82, 2.24) is 4.98 Å². The van der Waals surface area contributed by atoms with Crippen LogP contribution in [-0.4, -0.2) is 31.2 Å². The Labute approximate surface area is 89.7 Å². The summed E-state index contributed by atoms with van der Waals surface area (Å²) in [4.78, 5) is 3.71. The standard InChI is InChI=1S/C10H15BFNO2/c1-2-15-4-3-9(14)10-7(11)5-13-6-8(10)12/h5-6,9,14H,2-4,11H2,1H3. The van der Waals surface area contributed by atoms with Gasteiger partial charge in [0.25, 0.3) is 0 Å². The van der Waals surface area contributed by atoms with Crippen molar-refractivity contribution in [3.63, 3.8) is 0 Å². The molecule has 0 saturated heterocycles. The predicted octanol–water partition coefficient (Wildman–Crippen LogP) is -0.0609. The number of pyridine rings is 1. The van der Waals surface area contributed by atoms with Crippen LogP contribution in [0.5, 0.6) is 0 Å². The van der Waals surface area contributed by atoms with Gasteiger partial charge in [0.15, 0.2) is 0 Å². The summed E-state index contributed by atoms with van der Waals surface area (Å²) >= 11 is 0. The molecule has 5 heteroatoms. The van der Waals surface area contributed by atoms with Gasteiger partial charge in [-0.25, -0.2) is 4.39 Å². The van der Waals surface area contributed by atoms with E-state index in [-0.39, 0.29) is 0 Å². The van der Waals surface area contributed by atoms with Crippen LogP contribution in [0.2, 0.25) is 0 Å². The van der Waals surface area contributed by atoms with Crippen molar-refractivity contribution in [1.29, 1.82) is 0 Å². The van der Waals surface area contributed by atoms with Gasteiger partial charge in [-0.15, -0.1) is 0 Å². The minimum absolute atomic E-state index is 0.324. The van der Waals surface area contributed by atoms with Gasteiger partial charge < -0.3 is 9.84 Å². The molecule has 15 heavy (non-hydrogen) atoms. The summed E-state index contributed by atoms with van der Waals surface area (Å²) in [6.45, 7) is 2.91. The summed E-state index contributed by atoms with van der Waals surface area (Å²) in [6, 6.07) is 0. The number of aromatic nitrogens is 1. The lowest BCUT2D eigenvalue weighted by Crippen LogP contribution is -2.18. The average Bonchev–Trinajstić information content (AvgIpc) is 2.18. The van der Waals surface area contributed by atoms with E-state index in [1.54, 1.807) is 14.0 Å². The van der Waals surface area contributed by atoms with Crippen molar-refractivity contribution in [2.75, 3.05) is 13.2 Å². The number of aliphatic hydroxyl groups excluding tert-OH is 1. The van der Waals surface area contributed by atoms with Gasteiger partial charge in [0.1, 0.15) is 13.7 Å². The fourth-order valence-electron chi connectivity index (χ4n) is 1.45. The molecule has 82 valence electrons. The molecule has 0 bridgehead atoms. The molecule has 0 amide bonds. The smallest absolute Gasteiger partial charge is 0.146 e. The van der Waals surface area contributed by atoms with Crippen molar-refractivity contribution in [3.8, 4) is 0 Å². The lowest BCUT2D eigenvalue weighted by atomic mass is 9.89. The highest BCUT2D eigenvalue weighted by Gasteiger charge is 2.15. The van der Waals surface area contributed by atoms with Gasteiger partial charge in [-0.1, -0.05) is 5.46 Å². The maximum absolute atomic E-state index is 13.3. The molecule has 1 atom stereocenters. The van der Waals surface area contributed by atoms with E-state index in [1.165, 1.54) is 0 Å². The Morgan fingerprint density at radius 3 is 2.93 bits per heavy atom. The summed E-state index contributed by atoms with van der Waals surface area (Å²) in [5.74, 6) is -0.459. The first-order valence-corrected chi connectivity index (χ1v) is 5.02. The molecule has 1 heterocycles. The van der Waals surface area contributed by atoms with Crippen LogP contribution in [0.1, 0.15) is 25.0 Å². The Morgan fingerprint density at radius 2 is 2.33 bits per heavy atom. The number of halogens is 1. The molecule has 0 aromatic carbocycles. The summed E-state index contributed by atoms with van der Waals surface area (Å²) < 4.78 is 18.5. The molecule has 0 aliphatic carbocycles. The maximum atomic E-state index is 13.3. The number of rotatable bonds is 5. The molecule has 1 aromatic rings. The lowest BCUT2D eigenvalue weighted by Gasteiger charge is -2.14. The van der Waals surface area contributed by atoms with Crippen LogP contribution in [0.3, 0.4) is 0 Å². The van der Waals surface area contributed by atoms with Crippen molar-refractivity contribution in [2.45, 2.75) is 19.4 Å². The highest BCUT2D eigenvalue weighted by Crippen LogP contribution is 2.16. The van der Waals surface area contributed by atoms with Gasteiger partial charge in [0.05, 0.1) is 12.3 Å². The Bertz CT molecular complexity index is 302. The van der Waals surface area contributed by atoms with Gasteiger partial charge in [0.2, 0.25) is 0 Å². The molecule has 1 unspecified atom stereocenters. The Balaban J connectivity index is 2.68. The molecular weight excluding hydrogens is 196 g/mol. The van der Waals surface area contributed by atoms with Crippen LogP contribution in [-0.2, 0) is 4.74 Å². The zero-order valence-corrected chi connectivity index (χ0v) is 9.03. The predicted molar refractivity (Wildman–Crippen MR) is 58.4 cm³/mol. The first-order valence-electron chi connectivity index (χ1n) is 5.02. The van der Waals surface area contributed by atoms with Crippen LogP contribution in [0.25, 0.3) is 0 Å². The third-order valence-corrected chi connectivity index (χ3v) is 2.21. The van der Waals surface area contributed by atoms with E-state index >= 15 is 0 Å². The second-order valence-electron chi connectivity index (χ2n) is 3.35. The summed E-state index contributed by atoms with van der Waals surface area (Å²) in [6.07, 6.45) is 2.24. The number of aliphatic hydroxyl groups is 1. The van der Waals surface area contributed by atoms with Gasteiger partial charge in [-0.2, -0.15) is 0 Å². The minimum Gasteiger partial charge on any atom is -0.388 e. The first kappa shape index (κ1) is 12.1. The molecule has 0 fully saturated rings. The number of hydrogen-bond donors (Lipinski definition) is 1. The van der Waals surface area contributed by atoms with E-state index in [9.17, 15) is 9.50 Å². The molecule has 1 aromatic heterocycles. The molecule has 0 aliphatic rings. The zero-order chi connectivity index (χ0) is 11.3. The van der Waals surface area contributed by atoms with Gasteiger partial charge in [-0.05, 0) is 6.92 Å². The van der Waals surface area contributed by atoms with Gasteiger partial charge in [0, 0.05) is 31.4 Å². The highest BCUT2D eigenvalue weighted by atomic mass is 19.1. The van der Waals surface area contributed by atoms with Crippen LogP contribution in [0.4, 0.5) is 4.39 Å². The highest BCUT2D eigenvalue weighted by molar-refractivity contribution is 6.33. The molecule has 0 radical (unpaired) electrons. The molecule has 0 aliphatic heterocycles.